The Labute approximate surface area is 141 Å². The monoisotopic (exact) mass is 311 g/mol. The van der Waals surface area contributed by atoms with Crippen molar-refractivity contribution in [1.82, 2.24) is 0 Å². The maximum absolute atomic E-state index is 8.87. The van der Waals surface area contributed by atoms with Gasteiger partial charge in [-0.2, -0.15) is 5.26 Å². The molecule has 0 aliphatic heterocycles. The molecular weight excluding hydrogens is 282 g/mol. The second-order valence-electron chi connectivity index (χ2n) is 6.48. The fourth-order valence-corrected chi connectivity index (χ4v) is 3.25. The number of benzene rings is 1. The van der Waals surface area contributed by atoms with Crippen LogP contribution in [0.25, 0.3) is 0 Å². The topological polar surface area (TPSA) is 33.0 Å². The van der Waals surface area contributed by atoms with Crippen molar-refractivity contribution in [2.24, 2.45) is 0 Å². The Balaban J connectivity index is 1.64. The standard InChI is InChI=1S/C21H29NO/c1-2-3-4-5-6-7-16-23-21-14-12-20(13-15-21)19-10-8-18(17-22)9-11-19/h5-6,8-11,20-21H,2-4,7,12-16H2,1H3/b6-5+. The smallest absolute Gasteiger partial charge is 0.0991 e. The minimum atomic E-state index is 0.439. The molecule has 2 heteroatoms. The molecule has 1 aliphatic carbocycles. The number of nitriles is 1. The van der Waals surface area contributed by atoms with Crippen LogP contribution in [-0.4, -0.2) is 12.7 Å². The summed E-state index contributed by atoms with van der Waals surface area (Å²) in [6, 6.07) is 10.3. The normalized spacial score (nSPS) is 21.4. The molecule has 1 fully saturated rings. The summed E-state index contributed by atoms with van der Waals surface area (Å²) < 4.78 is 6.02. The first-order valence-electron chi connectivity index (χ1n) is 9.10. The third kappa shape index (κ3) is 6.20. The van der Waals surface area contributed by atoms with E-state index in [1.807, 2.05) is 12.1 Å². The van der Waals surface area contributed by atoms with Crippen molar-refractivity contribution in [1.29, 1.82) is 5.26 Å². The van der Waals surface area contributed by atoms with E-state index in [1.54, 1.807) is 0 Å². The highest BCUT2D eigenvalue weighted by atomic mass is 16.5. The Morgan fingerprint density at radius 2 is 1.78 bits per heavy atom. The second kappa shape index (κ2) is 10.2. The number of unbranched alkanes of at least 4 members (excludes halogenated alkanes) is 2. The van der Waals surface area contributed by atoms with Gasteiger partial charge in [0.1, 0.15) is 0 Å². The van der Waals surface area contributed by atoms with E-state index in [0.717, 1.165) is 31.4 Å². The van der Waals surface area contributed by atoms with E-state index < -0.39 is 0 Å². The molecule has 0 spiro atoms. The Morgan fingerprint density at radius 1 is 1.09 bits per heavy atom. The van der Waals surface area contributed by atoms with Crippen molar-refractivity contribution in [3.05, 3.63) is 47.5 Å². The number of hydrogen-bond acceptors (Lipinski definition) is 2. The molecule has 0 saturated heterocycles. The van der Waals surface area contributed by atoms with Crippen molar-refractivity contribution in [2.45, 2.75) is 70.3 Å². The Kier molecular flexibility index (Phi) is 7.90. The lowest BCUT2D eigenvalue weighted by Crippen LogP contribution is -2.21. The average molecular weight is 311 g/mol. The van der Waals surface area contributed by atoms with Crippen molar-refractivity contribution in [3.63, 3.8) is 0 Å². The molecule has 0 unspecified atom stereocenters. The van der Waals surface area contributed by atoms with Gasteiger partial charge in [-0.25, -0.2) is 0 Å². The van der Waals surface area contributed by atoms with Crippen LogP contribution in [0.2, 0.25) is 0 Å². The highest BCUT2D eigenvalue weighted by Crippen LogP contribution is 2.34. The molecule has 1 aliphatic rings. The molecular formula is C21H29NO. The van der Waals surface area contributed by atoms with Crippen LogP contribution < -0.4 is 0 Å². The molecule has 0 heterocycles. The molecule has 0 radical (unpaired) electrons. The molecule has 2 nitrogen and oxygen atoms in total. The lowest BCUT2D eigenvalue weighted by Gasteiger charge is -2.28. The van der Waals surface area contributed by atoms with Crippen LogP contribution in [0.3, 0.4) is 0 Å². The third-order valence-electron chi connectivity index (χ3n) is 4.71. The van der Waals surface area contributed by atoms with E-state index in [4.69, 9.17) is 10.00 Å². The molecule has 124 valence electrons. The zero-order valence-electron chi connectivity index (χ0n) is 14.3. The SMILES string of the molecule is CCCC/C=C/CCOC1CCC(c2ccc(C#N)cc2)CC1. The van der Waals surface area contributed by atoms with Gasteiger partial charge in [-0.05, 0) is 62.1 Å². The lowest BCUT2D eigenvalue weighted by atomic mass is 9.82. The minimum Gasteiger partial charge on any atom is -0.378 e. The molecule has 1 saturated carbocycles. The van der Waals surface area contributed by atoms with Crippen molar-refractivity contribution < 1.29 is 4.74 Å². The molecule has 0 N–H and O–H groups in total. The van der Waals surface area contributed by atoms with Gasteiger partial charge in [-0.1, -0.05) is 44.1 Å². The van der Waals surface area contributed by atoms with Gasteiger partial charge in [-0.15, -0.1) is 0 Å². The van der Waals surface area contributed by atoms with Gasteiger partial charge in [0.05, 0.1) is 24.3 Å². The van der Waals surface area contributed by atoms with Gasteiger partial charge < -0.3 is 4.74 Å². The van der Waals surface area contributed by atoms with Crippen LogP contribution in [-0.2, 0) is 4.74 Å². The lowest BCUT2D eigenvalue weighted by molar-refractivity contribution is 0.0274. The molecule has 0 atom stereocenters. The number of allylic oxidation sites excluding steroid dienone is 1. The van der Waals surface area contributed by atoms with Gasteiger partial charge in [0.25, 0.3) is 0 Å². The fourth-order valence-electron chi connectivity index (χ4n) is 3.25. The largest absolute Gasteiger partial charge is 0.378 e. The zero-order chi connectivity index (χ0) is 16.3. The number of rotatable bonds is 8. The van der Waals surface area contributed by atoms with Crippen molar-refractivity contribution in [3.8, 4) is 6.07 Å². The van der Waals surface area contributed by atoms with Crippen LogP contribution in [0.1, 0.15) is 75.3 Å². The van der Waals surface area contributed by atoms with Gasteiger partial charge in [0, 0.05) is 0 Å². The van der Waals surface area contributed by atoms with E-state index in [1.165, 1.54) is 37.7 Å². The summed E-state index contributed by atoms with van der Waals surface area (Å²) in [6.07, 6.45) is 14.5. The predicted molar refractivity (Wildman–Crippen MR) is 95.4 cm³/mol. The average Bonchev–Trinajstić information content (AvgIpc) is 2.61. The number of nitrogens with zero attached hydrogens (tertiary/aromatic N) is 1. The summed E-state index contributed by atoms with van der Waals surface area (Å²) in [5, 5.41) is 8.87. The summed E-state index contributed by atoms with van der Waals surface area (Å²) in [4.78, 5) is 0. The first-order chi connectivity index (χ1) is 11.3. The van der Waals surface area contributed by atoms with Gasteiger partial charge in [-0.3, -0.25) is 0 Å². The van der Waals surface area contributed by atoms with E-state index in [-0.39, 0.29) is 0 Å². The molecule has 0 aromatic heterocycles. The second-order valence-corrected chi connectivity index (χ2v) is 6.48. The van der Waals surface area contributed by atoms with E-state index >= 15 is 0 Å². The zero-order valence-corrected chi connectivity index (χ0v) is 14.3. The fraction of sp³-hybridized carbons (Fsp3) is 0.571. The van der Waals surface area contributed by atoms with E-state index in [2.05, 4.69) is 37.3 Å². The summed E-state index contributed by atoms with van der Waals surface area (Å²) in [5.74, 6) is 0.636. The van der Waals surface area contributed by atoms with Crippen LogP contribution >= 0.6 is 0 Å². The van der Waals surface area contributed by atoms with Crippen LogP contribution in [0.4, 0.5) is 0 Å². The quantitative estimate of drug-likeness (QED) is 0.453. The van der Waals surface area contributed by atoms with E-state index in [9.17, 15) is 0 Å². The summed E-state index contributed by atoms with van der Waals surface area (Å²) in [7, 11) is 0. The Hall–Kier alpha value is -1.59. The van der Waals surface area contributed by atoms with Crippen molar-refractivity contribution >= 4 is 0 Å². The predicted octanol–water partition coefficient (Wildman–Crippen LogP) is 5.74. The van der Waals surface area contributed by atoms with E-state index in [0.29, 0.717) is 12.0 Å². The molecule has 2 rings (SSSR count). The number of hydrogen-bond donors (Lipinski definition) is 0. The molecule has 1 aromatic carbocycles. The van der Waals surface area contributed by atoms with Gasteiger partial charge in [0.2, 0.25) is 0 Å². The first-order valence-corrected chi connectivity index (χ1v) is 9.10. The van der Waals surface area contributed by atoms with Gasteiger partial charge in [0.15, 0.2) is 0 Å². The molecule has 0 amide bonds. The van der Waals surface area contributed by atoms with Crippen LogP contribution in [0, 0.1) is 11.3 Å². The van der Waals surface area contributed by atoms with Crippen molar-refractivity contribution in [2.75, 3.05) is 6.61 Å². The van der Waals surface area contributed by atoms with Crippen LogP contribution in [0.5, 0.6) is 0 Å². The molecule has 0 bridgehead atoms. The molecule has 1 aromatic rings. The Bertz CT molecular complexity index is 504. The third-order valence-corrected chi connectivity index (χ3v) is 4.71. The summed E-state index contributed by atoms with van der Waals surface area (Å²) in [5.41, 5.74) is 2.12. The minimum absolute atomic E-state index is 0.439. The van der Waals surface area contributed by atoms with Crippen LogP contribution in [0.15, 0.2) is 36.4 Å². The van der Waals surface area contributed by atoms with Gasteiger partial charge >= 0.3 is 0 Å². The first kappa shape index (κ1) is 17.8. The number of ether oxygens (including phenoxy) is 1. The summed E-state index contributed by atoms with van der Waals surface area (Å²) >= 11 is 0. The Morgan fingerprint density at radius 3 is 2.43 bits per heavy atom. The maximum Gasteiger partial charge on any atom is 0.0991 e. The highest BCUT2D eigenvalue weighted by molar-refractivity contribution is 5.33. The highest BCUT2D eigenvalue weighted by Gasteiger charge is 2.22. The summed E-state index contributed by atoms with van der Waals surface area (Å²) in [6.45, 7) is 3.08. The molecule has 23 heavy (non-hydrogen) atoms. The maximum atomic E-state index is 8.87.